The van der Waals surface area contributed by atoms with Gasteiger partial charge in [-0.2, -0.15) is 0 Å². The van der Waals surface area contributed by atoms with Gasteiger partial charge in [-0.25, -0.2) is 4.98 Å². The molecular weight excluding hydrogens is 194 g/mol. The Morgan fingerprint density at radius 2 is 2.40 bits per heavy atom. The minimum absolute atomic E-state index is 0.0987. The fourth-order valence-electron chi connectivity index (χ4n) is 1.85. The van der Waals surface area contributed by atoms with Gasteiger partial charge in [-0.05, 0) is 12.8 Å². The first-order valence-electron chi connectivity index (χ1n) is 5.27. The molecule has 0 aliphatic heterocycles. The Morgan fingerprint density at radius 3 is 2.93 bits per heavy atom. The van der Waals surface area contributed by atoms with Crippen molar-refractivity contribution in [1.29, 1.82) is 0 Å². The molecule has 1 aromatic rings. The van der Waals surface area contributed by atoms with Gasteiger partial charge in [-0.3, -0.25) is 4.79 Å². The second-order valence-electron chi connectivity index (χ2n) is 4.45. The molecule has 1 aromatic heterocycles. The van der Waals surface area contributed by atoms with E-state index in [9.17, 15) is 4.79 Å². The summed E-state index contributed by atoms with van der Waals surface area (Å²) in [5, 5.41) is 8.54. The Morgan fingerprint density at radius 1 is 1.67 bits per heavy atom. The number of hydrogen-bond donors (Lipinski definition) is 1. The number of hydrogen-bond acceptors (Lipinski definition) is 3. The number of carboxylic acids is 1. The molecule has 1 fully saturated rings. The zero-order valence-corrected chi connectivity index (χ0v) is 8.82. The molecule has 1 aliphatic rings. The SMILES string of the molecule is CC1(c2nc(CCC(=O)O)co2)CCC1. The molecule has 2 rings (SSSR count). The molecule has 4 heteroatoms. The summed E-state index contributed by atoms with van der Waals surface area (Å²) in [5.74, 6) is -0.0245. The zero-order chi connectivity index (χ0) is 10.9. The van der Waals surface area contributed by atoms with E-state index in [1.54, 1.807) is 6.26 Å². The molecule has 1 N–H and O–H groups in total. The zero-order valence-electron chi connectivity index (χ0n) is 8.82. The Bertz CT molecular complexity index is 366. The van der Waals surface area contributed by atoms with Crippen molar-refractivity contribution < 1.29 is 14.3 Å². The smallest absolute Gasteiger partial charge is 0.303 e. The molecule has 1 saturated carbocycles. The number of nitrogens with zero attached hydrogens (tertiary/aromatic N) is 1. The van der Waals surface area contributed by atoms with Gasteiger partial charge in [-0.1, -0.05) is 13.3 Å². The molecule has 0 atom stereocenters. The van der Waals surface area contributed by atoms with Gasteiger partial charge in [0.1, 0.15) is 6.26 Å². The molecule has 0 amide bonds. The maximum Gasteiger partial charge on any atom is 0.303 e. The molecule has 1 aliphatic carbocycles. The third-order valence-corrected chi connectivity index (χ3v) is 3.12. The second kappa shape index (κ2) is 3.68. The molecule has 0 radical (unpaired) electrons. The predicted molar refractivity (Wildman–Crippen MR) is 53.7 cm³/mol. The van der Waals surface area contributed by atoms with E-state index < -0.39 is 5.97 Å². The lowest BCUT2D eigenvalue weighted by molar-refractivity contribution is -0.136. The highest BCUT2D eigenvalue weighted by atomic mass is 16.4. The van der Waals surface area contributed by atoms with Gasteiger partial charge in [-0.15, -0.1) is 0 Å². The maximum absolute atomic E-state index is 10.4. The number of oxazole rings is 1. The summed E-state index contributed by atoms with van der Waals surface area (Å²) < 4.78 is 5.40. The number of rotatable bonds is 4. The first-order valence-corrected chi connectivity index (χ1v) is 5.27. The number of aromatic nitrogens is 1. The lowest BCUT2D eigenvalue weighted by Gasteiger charge is -2.34. The van der Waals surface area contributed by atoms with E-state index in [1.165, 1.54) is 6.42 Å². The molecule has 0 spiro atoms. The first-order chi connectivity index (χ1) is 7.10. The topological polar surface area (TPSA) is 63.3 Å². The van der Waals surface area contributed by atoms with Crippen LogP contribution in [0.2, 0.25) is 0 Å². The summed E-state index contributed by atoms with van der Waals surface area (Å²) in [7, 11) is 0. The van der Waals surface area contributed by atoms with Crippen LogP contribution in [-0.2, 0) is 16.6 Å². The second-order valence-corrected chi connectivity index (χ2v) is 4.45. The largest absolute Gasteiger partial charge is 0.481 e. The third kappa shape index (κ3) is 2.03. The Labute approximate surface area is 88.3 Å². The normalized spacial score (nSPS) is 18.5. The molecule has 15 heavy (non-hydrogen) atoms. The summed E-state index contributed by atoms with van der Waals surface area (Å²) in [6.45, 7) is 2.14. The lowest BCUT2D eigenvalue weighted by atomic mass is 9.70. The van der Waals surface area contributed by atoms with Crippen molar-refractivity contribution in [2.24, 2.45) is 0 Å². The molecule has 0 bridgehead atoms. The van der Waals surface area contributed by atoms with Gasteiger partial charge in [0.25, 0.3) is 0 Å². The highest BCUT2D eigenvalue weighted by Gasteiger charge is 2.38. The van der Waals surface area contributed by atoms with Crippen LogP contribution in [-0.4, -0.2) is 16.1 Å². The molecule has 0 saturated heterocycles. The van der Waals surface area contributed by atoms with E-state index in [0.717, 1.165) is 24.4 Å². The van der Waals surface area contributed by atoms with Crippen molar-refractivity contribution >= 4 is 5.97 Å². The summed E-state index contributed by atoms with van der Waals surface area (Å²) in [4.78, 5) is 14.7. The summed E-state index contributed by atoms with van der Waals surface area (Å²) in [6, 6.07) is 0. The van der Waals surface area contributed by atoms with E-state index in [0.29, 0.717) is 6.42 Å². The fourth-order valence-corrected chi connectivity index (χ4v) is 1.85. The monoisotopic (exact) mass is 209 g/mol. The van der Waals surface area contributed by atoms with E-state index in [-0.39, 0.29) is 11.8 Å². The number of carboxylic acid groups (broad SMARTS) is 1. The molecular formula is C11H15NO3. The van der Waals surface area contributed by atoms with Crippen LogP contribution in [0.15, 0.2) is 10.7 Å². The highest BCUT2D eigenvalue weighted by molar-refractivity contribution is 5.66. The van der Waals surface area contributed by atoms with E-state index >= 15 is 0 Å². The van der Waals surface area contributed by atoms with Gasteiger partial charge < -0.3 is 9.52 Å². The molecule has 4 nitrogen and oxygen atoms in total. The molecule has 0 unspecified atom stereocenters. The van der Waals surface area contributed by atoms with E-state index in [4.69, 9.17) is 9.52 Å². The Hall–Kier alpha value is -1.32. The first kappa shape index (κ1) is 10.2. The van der Waals surface area contributed by atoms with Gasteiger partial charge in [0.05, 0.1) is 12.1 Å². The van der Waals surface area contributed by atoms with Crippen molar-refractivity contribution in [3.05, 3.63) is 17.8 Å². The van der Waals surface area contributed by atoms with Crippen molar-refractivity contribution in [2.75, 3.05) is 0 Å². The van der Waals surface area contributed by atoms with Crippen molar-refractivity contribution in [1.82, 2.24) is 4.98 Å². The van der Waals surface area contributed by atoms with Crippen LogP contribution in [0.3, 0.4) is 0 Å². The van der Waals surface area contributed by atoms with E-state index in [2.05, 4.69) is 11.9 Å². The standard InChI is InChI=1S/C11H15NO3/c1-11(5-2-6-11)10-12-8(7-15-10)3-4-9(13)14/h7H,2-6H2,1H3,(H,13,14). The fraction of sp³-hybridized carbons (Fsp3) is 0.636. The van der Waals surface area contributed by atoms with Crippen LogP contribution >= 0.6 is 0 Å². The minimum atomic E-state index is -0.797. The van der Waals surface area contributed by atoms with Crippen LogP contribution in [0.1, 0.15) is 44.2 Å². The molecule has 82 valence electrons. The van der Waals surface area contributed by atoms with Crippen LogP contribution in [0.25, 0.3) is 0 Å². The van der Waals surface area contributed by atoms with Crippen LogP contribution < -0.4 is 0 Å². The Balaban J connectivity index is 2.00. The van der Waals surface area contributed by atoms with Crippen molar-refractivity contribution in [2.45, 2.75) is 44.4 Å². The average molecular weight is 209 g/mol. The lowest BCUT2D eigenvalue weighted by Crippen LogP contribution is -2.30. The van der Waals surface area contributed by atoms with E-state index in [1.807, 2.05) is 0 Å². The van der Waals surface area contributed by atoms with Gasteiger partial charge in [0.2, 0.25) is 0 Å². The molecule has 0 aromatic carbocycles. The van der Waals surface area contributed by atoms with Crippen LogP contribution in [0, 0.1) is 0 Å². The summed E-state index contributed by atoms with van der Waals surface area (Å²) in [5.41, 5.74) is 0.849. The van der Waals surface area contributed by atoms with Crippen molar-refractivity contribution in [3.8, 4) is 0 Å². The highest BCUT2D eigenvalue weighted by Crippen LogP contribution is 2.42. The summed E-state index contributed by atoms with van der Waals surface area (Å²) >= 11 is 0. The minimum Gasteiger partial charge on any atom is -0.481 e. The number of carbonyl (C=O) groups is 1. The maximum atomic E-state index is 10.4. The predicted octanol–water partition coefficient (Wildman–Crippen LogP) is 2.13. The third-order valence-electron chi connectivity index (χ3n) is 3.12. The van der Waals surface area contributed by atoms with Crippen molar-refractivity contribution in [3.63, 3.8) is 0 Å². The van der Waals surface area contributed by atoms with Gasteiger partial charge >= 0.3 is 5.97 Å². The van der Waals surface area contributed by atoms with Crippen LogP contribution in [0.4, 0.5) is 0 Å². The van der Waals surface area contributed by atoms with Gasteiger partial charge in [0.15, 0.2) is 5.89 Å². The summed E-state index contributed by atoms with van der Waals surface area (Å²) in [6.07, 6.45) is 5.61. The quantitative estimate of drug-likeness (QED) is 0.825. The molecule has 1 heterocycles. The van der Waals surface area contributed by atoms with Crippen LogP contribution in [0.5, 0.6) is 0 Å². The van der Waals surface area contributed by atoms with Gasteiger partial charge in [0, 0.05) is 11.8 Å². The average Bonchev–Trinajstić information content (AvgIpc) is 2.59. The number of aliphatic carboxylic acids is 1. The Kier molecular flexibility index (Phi) is 2.50. The number of aryl methyl sites for hydroxylation is 1.